The molecule has 0 fully saturated rings. The lowest BCUT2D eigenvalue weighted by molar-refractivity contribution is 0.530. The van der Waals surface area contributed by atoms with Crippen molar-refractivity contribution in [3.8, 4) is 0 Å². The lowest BCUT2D eigenvalue weighted by atomic mass is 9.97. The van der Waals surface area contributed by atoms with Crippen molar-refractivity contribution in [2.75, 3.05) is 0 Å². The Bertz CT molecular complexity index is 290. The Balaban J connectivity index is 2.60. The van der Waals surface area contributed by atoms with E-state index < -0.39 is 0 Å². The average Bonchev–Trinajstić information content (AvgIpc) is 2.16. The van der Waals surface area contributed by atoms with Gasteiger partial charge in [0, 0.05) is 22.2 Å². The van der Waals surface area contributed by atoms with Crippen LogP contribution in [0.5, 0.6) is 0 Å². The van der Waals surface area contributed by atoms with E-state index in [1.54, 1.807) is 6.20 Å². The second-order valence-electron chi connectivity index (χ2n) is 3.62. The molecule has 0 radical (unpaired) electrons. The fourth-order valence-corrected chi connectivity index (χ4v) is 1.97. The van der Waals surface area contributed by atoms with E-state index in [1.165, 1.54) is 5.56 Å². The number of aromatic nitrogens is 1. The Kier molecular flexibility index (Phi) is 4.90. The summed E-state index contributed by atoms with van der Waals surface area (Å²) in [6, 6.07) is 2.10. The van der Waals surface area contributed by atoms with E-state index in [2.05, 4.69) is 40.8 Å². The molecule has 0 saturated heterocycles. The summed E-state index contributed by atoms with van der Waals surface area (Å²) in [6.07, 6.45) is 5.71. The molecule has 1 aromatic heterocycles. The Morgan fingerprint density at radius 1 is 1.50 bits per heavy atom. The highest BCUT2D eigenvalue weighted by atomic mass is 79.9. The zero-order chi connectivity index (χ0) is 10.6. The lowest BCUT2D eigenvalue weighted by Crippen LogP contribution is -2.13. The fourth-order valence-electron chi connectivity index (χ4n) is 1.47. The van der Waals surface area contributed by atoms with Crippen LogP contribution in [0.4, 0.5) is 0 Å². The first-order chi connectivity index (χ1) is 6.63. The lowest BCUT2D eigenvalue weighted by Gasteiger charge is -2.15. The molecule has 1 rings (SSSR count). The molecule has 3 heteroatoms. The molecule has 1 aromatic rings. The van der Waals surface area contributed by atoms with Gasteiger partial charge in [-0.05, 0) is 46.3 Å². The monoisotopic (exact) mass is 275 g/mol. The molecule has 0 spiro atoms. The summed E-state index contributed by atoms with van der Waals surface area (Å²) >= 11 is 9.58. The number of halogens is 2. The van der Waals surface area contributed by atoms with E-state index >= 15 is 0 Å². The maximum absolute atomic E-state index is 6.17. The highest BCUT2D eigenvalue weighted by Gasteiger charge is 2.12. The SMILES string of the molecule is CCC(Cl)C(C)Cc1cncc(Br)c1. The smallest absolute Gasteiger partial charge is 0.0410 e. The van der Waals surface area contributed by atoms with E-state index in [0.717, 1.165) is 17.3 Å². The highest BCUT2D eigenvalue weighted by molar-refractivity contribution is 9.10. The van der Waals surface area contributed by atoms with Crippen LogP contribution in [0.15, 0.2) is 22.9 Å². The average molecular weight is 277 g/mol. The topological polar surface area (TPSA) is 12.9 Å². The summed E-state index contributed by atoms with van der Waals surface area (Å²) in [5, 5.41) is 0.258. The third-order valence-electron chi connectivity index (χ3n) is 2.33. The summed E-state index contributed by atoms with van der Waals surface area (Å²) in [5.74, 6) is 0.498. The molecule has 78 valence electrons. The zero-order valence-electron chi connectivity index (χ0n) is 8.50. The summed E-state index contributed by atoms with van der Waals surface area (Å²) in [6.45, 7) is 4.30. The molecule has 0 aliphatic heterocycles. The molecule has 0 saturated carbocycles. The van der Waals surface area contributed by atoms with E-state index in [9.17, 15) is 0 Å². The van der Waals surface area contributed by atoms with Gasteiger partial charge >= 0.3 is 0 Å². The van der Waals surface area contributed by atoms with Crippen molar-refractivity contribution in [2.24, 2.45) is 5.92 Å². The number of hydrogen-bond acceptors (Lipinski definition) is 1. The molecule has 1 nitrogen and oxygen atoms in total. The minimum absolute atomic E-state index is 0.258. The number of hydrogen-bond donors (Lipinski definition) is 0. The van der Waals surface area contributed by atoms with Crippen LogP contribution in [0.25, 0.3) is 0 Å². The first-order valence-corrected chi connectivity index (χ1v) is 6.10. The molecule has 1 heterocycles. The van der Waals surface area contributed by atoms with Gasteiger partial charge in [0.1, 0.15) is 0 Å². The molecule has 2 atom stereocenters. The zero-order valence-corrected chi connectivity index (χ0v) is 10.8. The summed E-state index contributed by atoms with van der Waals surface area (Å²) in [5.41, 5.74) is 1.24. The Morgan fingerprint density at radius 3 is 2.79 bits per heavy atom. The van der Waals surface area contributed by atoms with Crippen LogP contribution in [0.3, 0.4) is 0 Å². The van der Waals surface area contributed by atoms with E-state index in [4.69, 9.17) is 11.6 Å². The minimum Gasteiger partial charge on any atom is -0.263 e. The molecule has 2 unspecified atom stereocenters. The van der Waals surface area contributed by atoms with E-state index in [-0.39, 0.29) is 5.38 Å². The normalized spacial score (nSPS) is 15.1. The van der Waals surface area contributed by atoms with Crippen LogP contribution in [0.2, 0.25) is 0 Å². The summed E-state index contributed by atoms with van der Waals surface area (Å²) in [4.78, 5) is 4.13. The van der Waals surface area contributed by atoms with Crippen LogP contribution < -0.4 is 0 Å². The molecule has 0 bridgehead atoms. The molecule has 0 N–H and O–H groups in total. The fraction of sp³-hybridized carbons (Fsp3) is 0.545. The maximum atomic E-state index is 6.17. The molecule has 0 aliphatic rings. The first kappa shape index (κ1) is 12.0. The van der Waals surface area contributed by atoms with Crippen molar-refractivity contribution in [1.29, 1.82) is 0 Å². The second-order valence-corrected chi connectivity index (χ2v) is 5.09. The van der Waals surface area contributed by atoms with E-state index in [1.807, 2.05) is 6.20 Å². The molecule has 0 amide bonds. The number of pyridine rings is 1. The van der Waals surface area contributed by atoms with Gasteiger partial charge in [-0.25, -0.2) is 0 Å². The van der Waals surface area contributed by atoms with Crippen LogP contribution >= 0.6 is 27.5 Å². The Morgan fingerprint density at radius 2 is 2.21 bits per heavy atom. The highest BCUT2D eigenvalue weighted by Crippen LogP contribution is 2.20. The largest absolute Gasteiger partial charge is 0.263 e. The van der Waals surface area contributed by atoms with Crippen molar-refractivity contribution in [2.45, 2.75) is 32.1 Å². The van der Waals surface area contributed by atoms with Crippen molar-refractivity contribution in [1.82, 2.24) is 4.98 Å². The summed E-state index contributed by atoms with van der Waals surface area (Å²) in [7, 11) is 0. The first-order valence-electron chi connectivity index (χ1n) is 4.87. The Hall–Kier alpha value is -0.0800. The van der Waals surface area contributed by atoms with Gasteiger partial charge in [-0.2, -0.15) is 0 Å². The van der Waals surface area contributed by atoms with Crippen molar-refractivity contribution in [3.63, 3.8) is 0 Å². The van der Waals surface area contributed by atoms with Gasteiger partial charge in [0.15, 0.2) is 0 Å². The Labute approximate surface area is 99.0 Å². The van der Waals surface area contributed by atoms with Crippen molar-refractivity contribution < 1.29 is 0 Å². The van der Waals surface area contributed by atoms with Gasteiger partial charge in [-0.3, -0.25) is 4.98 Å². The molecule has 0 aromatic carbocycles. The van der Waals surface area contributed by atoms with Gasteiger partial charge in [0.2, 0.25) is 0 Å². The van der Waals surface area contributed by atoms with Gasteiger partial charge in [0.25, 0.3) is 0 Å². The predicted octanol–water partition coefficient (Wildman–Crippen LogP) is 4.04. The van der Waals surface area contributed by atoms with Crippen LogP contribution in [0.1, 0.15) is 25.8 Å². The van der Waals surface area contributed by atoms with Crippen molar-refractivity contribution in [3.05, 3.63) is 28.5 Å². The predicted molar refractivity (Wildman–Crippen MR) is 64.7 cm³/mol. The number of alkyl halides is 1. The van der Waals surface area contributed by atoms with Gasteiger partial charge in [0.05, 0.1) is 0 Å². The maximum Gasteiger partial charge on any atom is 0.0410 e. The molecular formula is C11H15BrClN. The molecule has 0 aliphatic carbocycles. The van der Waals surface area contributed by atoms with E-state index in [0.29, 0.717) is 5.92 Å². The third-order valence-corrected chi connectivity index (χ3v) is 3.50. The third kappa shape index (κ3) is 3.58. The van der Waals surface area contributed by atoms with Crippen LogP contribution in [0, 0.1) is 5.92 Å². The minimum atomic E-state index is 0.258. The van der Waals surface area contributed by atoms with Crippen LogP contribution in [-0.2, 0) is 6.42 Å². The van der Waals surface area contributed by atoms with Gasteiger partial charge in [-0.1, -0.05) is 13.8 Å². The standard InChI is InChI=1S/C11H15BrClN/c1-3-11(13)8(2)4-9-5-10(12)7-14-6-9/h5-8,11H,3-4H2,1-2H3. The van der Waals surface area contributed by atoms with Gasteiger partial charge in [-0.15, -0.1) is 11.6 Å². The number of nitrogens with zero attached hydrogens (tertiary/aromatic N) is 1. The molecular weight excluding hydrogens is 261 g/mol. The van der Waals surface area contributed by atoms with Crippen LogP contribution in [-0.4, -0.2) is 10.4 Å². The van der Waals surface area contributed by atoms with Gasteiger partial charge < -0.3 is 0 Å². The second kappa shape index (κ2) is 5.72. The quantitative estimate of drug-likeness (QED) is 0.756. The molecule has 14 heavy (non-hydrogen) atoms. The summed E-state index contributed by atoms with van der Waals surface area (Å²) < 4.78 is 1.03. The van der Waals surface area contributed by atoms with Crippen molar-refractivity contribution >= 4 is 27.5 Å². The number of rotatable bonds is 4.